The van der Waals surface area contributed by atoms with Crippen molar-refractivity contribution in [3.8, 4) is 5.75 Å². The fraction of sp³-hybridized carbons (Fsp3) is 0.625. The van der Waals surface area contributed by atoms with Gasteiger partial charge in [0.05, 0.1) is 12.2 Å². The zero-order valence-corrected chi connectivity index (χ0v) is 12.8. The van der Waals surface area contributed by atoms with Crippen LogP contribution in [-0.4, -0.2) is 39.8 Å². The fourth-order valence-corrected chi connectivity index (χ4v) is 2.69. The van der Waals surface area contributed by atoms with E-state index in [2.05, 4.69) is 5.32 Å². The van der Waals surface area contributed by atoms with Gasteiger partial charge in [-0.2, -0.15) is 0 Å². The minimum absolute atomic E-state index is 0.100. The van der Waals surface area contributed by atoms with Crippen molar-refractivity contribution in [2.24, 2.45) is 0 Å². The van der Waals surface area contributed by atoms with E-state index in [0.717, 1.165) is 11.1 Å². The average Bonchev–Trinajstić information content (AvgIpc) is 2.33. The maximum Gasteiger partial charge on any atom is 0.139 e. The van der Waals surface area contributed by atoms with Gasteiger partial charge in [0.15, 0.2) is 0 Å². The third-order valence-corrected chi connectivity index (χ3v) is 3.44. The molecule has 2 rings (SSSR count). The SMILES string of the molecule is CC(C)(C)NC(O)COc1cccc2c1C(O)CC(O)C2. The van der Waals surface area contributed by atoms with Crippen LogP contribution in [0.5, 0.6) is 5.75 Å². The van der Waals surface area contributed by atoms with E-state index in [4.69, 9.17) is 4.74 Å². The van der Waals surface area contributed by atoms with Crippen molar-refractivity contribution in [2.45, 2.75) is 57.6 Å². The molecule has 5 nitrogen and oxygen atoms in total. The molecule has 118 valence electrons. The van der Waals surface area contributed by atoms with E-state index in [1.165, 1.54) is 0 Å². The number of fused-ring (bicyclic) bond motifs is 1. The molecule has 3 atom stereocenters. The van der Waals surface area contributed by atoms with E-state index in [0.29, 0.717) is 18.6 Å². The number of aliphatic hydroxyl groups excluding tert-OH is 3. The molecule has 0 saturated carbocycles. The lowest BCUT2D eigenvalue weighted by Crippen LogP contribution is -2.46. The highest BCUT2D eigenvalue weighted by Gasteiger charge is 2.27. The Labute approximate surface area is 125 Å². The van der Waals surface area contributed by atoms with E-state index >= 15 is 0 Å². The van der Waals surface area contributed by atoms with Crippen molar-refractivity contribution < 1.29 is 20.1 Å². The predicted octanol–water partition coefficient (Wildman–Crippen LogP) is 1.11. The largest absolute Gasteiger partial charge is 0.489 e. The quantitative estimate of drug-likeness (QED) is 0.626. The van der Waals surface area contributed by atoms with Crippen LogP contribution in [0, 0.1) is 0 Å². The normalized spacial score (nSPS) is 23.5. The molecule has 21 heavy (non-hydrogen) atoms. The molecule has 1 aromatic carbocycles. The molecule has 0 heterocycles. The lowest BCUT2D eigenvalue weighted by molar-refractivity contribution is 0.0483. The van der Waals surface area contributed by atoms with Crippen LogP contribution in [0.3, 0.4) is 0 Å². The zero-order valence-electron chi connectivity index (χ0n) is 12.8. The monoisotopic (exact) mass is 295 g/mol. The average molecular weight is 295 g/mol. The second kappa shape index (κ2) is 6.32. The van der Waals surface area contributed by atoms with Gasteiger partial charge in [0, 0.05) is 17.5 Å². The molecule has 0 bridgehead atoms. The van der Waals surface area contributed by atoms with Crippen LogP contribution in [-0.2, 0) is 6.42 Å². The van der Waals surface area contributed by atoms with Gasteiger partial charge in [-0.05, 0) is 38.8 Å². The van der Waals surface area contributed by atoms with E-state index < -0.39 is 18.4 Å². The van der Waals surface area contributed by atoms with Crippen LogP contribution in [0.25, 0.3) is 0 Å². The minimum Gasteiger partial charge on any atom is -0.489 e. The summed E-state index contributed by atoms with van der Waals surface area (Å²) >= 11 is 0. The Hall–Kier alpha value is -1.14. The first-order valence-electron chi connectivity index (χ1n) is 7.33. The van der Waals surface area contributed by atoms with E-state index in [1.807, 2.05) is 32.9 Å². The molecule has 5 heteroatoms. The summed E-state index contributed by atoms with van der Waals surface area (Å²) < 4.78 is 5.66. The van der Waals surface area contributed by atoms with E-state index in [-0.39, 0.29) is 12.1 Å². The third-order valence-electron chi connectivity index (χ3n) is 3.44. The number of nitrogens with one attached hydrogen (secondary N) is 1. The molecule has 0 aromatic heterocycles. The van der Waals surface area contributed by atoms with Gasteiger partial charge in [-0.1, -0.05) is 12.1 Å². The first kappa shape index (κ1) is 16.2. The molecule has 0 aliphatic heterocycles. The molecule has 1 aromatic rings. The number of hydrogen-bond donors (Lipinski definition) is 4. The predicted molar refractivity (Wildman–Crippen MR) is 80.1 cm³/mol. The number of aliphatic hydroxyl groups is 3. The highest BCUT2D eigenvalue weighted by Crippen LogP contribution is 2.36. The molecule has 4 N–H and O–H groups in total. The van der Waals surface area contributed by atoms with Crippen LogP contribution in [0.2, 0.25) is 0 Å². The lowest BCUT2D eigenvalue weighted by atomic mass is 9.87. The summed E-state index contributed by atoms with van der Waals surface area (Å²) in [6, 6.07) is 5.50. The zero-order chi connectivity index (χ0) is 15.6. The van der Waals surface area contributed by atoms with Gasteiger partial charge in [-0.3, -0.25) is 5.32 Å². The molecule has 0 fully saturated rings. The first-order chi connectivity index (χ1) is 9.76. The Morgan fingerprint density at radius 1 is 1.33 bits per heavy atom. The van der Waals surface area contributed by atoms with Crippen LogP contribution < -0.4 is 10.1 Å². The molecular formula is C16H25NO4. The number of hydrogen-bond acceptors (Lipinski definition) is 5. The van der Waals surface area contributed by atoms with Gasteiger partial charge in [0.2, 0.25) is 0 Å². The topological polar surface area (TPSA) is 82.0 Å². The molecular weight excluding hydrogens is 270 g/mol. The summed E-state index contributed by atoms with van der Waals surface area (Å²) in [4.78, 5) is 0. The van der Waals surface area contributed by atoms with Crippen molar-refractivity contribution in [3.63, 3.8) is 0 Å². The summed E-state index contributed by atoms with van der Waals surface area (Å²) in [7, 11) is 0. The smallest absolute Gasteiger partial charge is 0.139 e. The summed E-state index contributed by atoms with van der Waals surface area (Å²) in [5.74, 6) is 0.571. The van der Waals surface area contributed by atoms with Gasteiger partial charge in [-0.15, -0.1) is 0 Å². The van der Waals surface area contributed by atoms with Crippen LogP contribution >= 0.6 is 0 Å². The van der Waals surface area contributed by atoms with Gasteiger partial charge in [-0.25, -0.2) is 0 Å². The van der Waals surface area contributed by atoms with Crippen LogP contribution in [0.15, 0.2) is 18.2 Å². The molecule has 0 radical (unpaired) electrons. The maximum absolute atomic E-state index is 10.1. The Morgan fingerprint density at radius 3 is 2.71 bits per heavy atom. The third kappa shape index (κ3) is 4.41. The molecule has 0 amide bonds. The van der Waals surface area contributed by atoms with Crippen LogP contribution in [0.4, 0.5) is 0 Å². The summed E-state index contributed by atoms with van der Waals surface area (Å²) in [6.07, 6.45) is -1.20. The van der Waals surface area contributed by atoms with Gasteiger partial charge < -0.3 is 20.1 Å². The minimum atomic E-state index is -0.785. The number of benzene rings is 1. The summed E-state index contributed by atoms with van der Waals surface area (Å²) in [5, 5.41) is 32.8. The molecule has 1 aliphatic carbocycles. The van der Waals surface area contributed by atoms with Gasteiger partial charge in [0.1, 0.15) is 18.6 Å². The van der Waals surface area contributed by atoms with Crippen molar-refractivity contribution in [1.82, 2.24) is 5.32 Å². The second-order valence-corrected chi connectivity index (χ2v) is 6.66. The Morgan fingerprint density at radius 2 is 2.05 bits per heavy atom. The van der Waals surface area contributed by atoms with Gasteiger partial charge in [0.25, 0.3) is 0 Å². The maximum atomic E-state index is 10.1. The van der Waals surface area contributed by atoms with Crippen molar-refractivity contribution in [1.29, 1.82) is 0 Å². The number of ether oxygens (including phenoxy) is 1. The lowest BCUT2D eigenvalue weighted by Gasteiger charge is -2.29. The first-order valence-corrected chi connectivity index (χ1v) is 7.33. The summed E-state index contributed by atoms with van der Waals surface area (Å²) in [6.45, 7) is 5.99. The highest BCUT2D eigenvalue weighted by atomic mass is 16.5. The summed E-state index contributed by atoms with van der Waals surface area (Å²) in [5.41, 5.74) is 1.42. The van der Waals surface area contributed by atoms with Crippen molar-refractivity contribution in [3.05, 3.63) is 29.3 Å². The standard InChI is InChI=1S/C16H25NO4/c1-16(2,3)17-14(20)9-21-13-6-4-5-10-7-11(18)8-12(19)15(10)13/h4-6,11-12,14,17-20H,7-9H2,1-3H3. The Kier molecular flexibility index (Phi) is 4.88. The molecule has 0 spiro atoms. The Balaban J connectivity index is 2.06. The van der Waals surface area contributed by atoms with Gasteiger partial charge >= 0.3 is 0 Å². The molecule has 0 saturated heterocycles. The highest BCUT2D eigenvalue weighted by molar-refractivity contribution is 5.43. The van der Waals surface area contributed by atoms with E-state index in [9.17, 15) is 15.3 Å². The van der Waals surface area contributed by atoms with Crippen LogP contribution in [0.1, 0.15) is 44.4 Å². The second-order valence-electron chi connectivity index (χ2n) is 6.66. The molecule has 3 unspecified atom stereocenters. The van der Waals surface area contributed by atoms with Crippen molar-refractivity contribution >= 4 is 0 Å². The molecule has 1 aliphatic rings. The number of rotatable bonds is 4. The van der Waals surface area contributed by atoms with E-state index in [1.54, 1.807) is 6.07 Å². The Bertz CT molecular complexity index is 484. The van der Waals surface area contributed by atoms with Crippen molar-refractivity contribution in [2.75, 3.05) is 6.61 Å². The fourth-order valence-electron chi connectivity index (χ4n) is 2.69.